The largest absolute Gasteiger partial charge is 0.466 e. The molecule has 0 aliphatic carbocycles. The summed E-state index contributed by atoms with van der Waals surface area (Å²) >= 11 is 1.51. The Morgan fingerprint density at radius 1 is 1.65 bits per heavy atom. The highest BCUT2D eigenvalue weighted by molar-refractivity contribution is 7.13. The molecule has 1 atom stereocenters. The van der Waals surface area contributed by atoms with Crippen molar-refractivity contribution < 1.29 is 14.3 Å². The van der Waals surface area contributed by atoms with Crippen molar-refractivity contribution in [2.75, 3.05) is 18.5 Å². The fourth-order valence-electron chi connectivity index (χ4n) is 2.01. The quantitative estimate of drug-likeness (QED) is 0.742. The van der Waals surface area contributed by atoms with E-state index in [1.165, 1.54) is 11.3 Å². The maximum atomic E-state index is 11.3. The number of nitrogens with zero attached hydrogens (tertiary/aromatic N) is 1. The molecule has 1 aliphatic heterocycles. The van der Waals surface area contributed by atoms with Crippen LogP contribution in [0.1, 0.15) is 31.9 Å². The molecule has 2 N–H and O–H groups in total. The molecule has 0 bridgehead atoms. The average molecular weight is 297 g/mol. The van der Waals surface area contributed by atoms with Crippen LogP contribution in [0.5, 0.6) is 0 Å². The number of esters is 1. The fourth-order valence-corrected chi connectivity index (χ4v) is 2.76. The first-order chi connectivity index (χ1) is 9.67. The summed E-state index contributed by atoms with van der Waals surface area (Å²) in [5, 5.41) is 8.88. The van der Waals surface area contributed by atoms with Gasteiger partial charge < -0.3 is 15.4 Å². The molecule has 1 fully saturated rings. The van der Waals surface area contributed by atoms with E-state index in [1.807, 2.05) is 5.38 Å². The van der Waals surface area contributed by atoms with Gasteiger partial charge in [0.1, 0.15) is 0 Å². The van der Waals surface area contributed by atoms with Crippen molar-refractivity contribution in [1.29, 1.82) is 0 Å². The van der Waals surface area contributed by atoms with Gasteiger partial charge in [-0.3, -0.25) is 9.59 Å². The molecule has 2 heterocycles. The Balaban J connectivity index is 1.71. The molecule has 1 aliphatic rings. The van der Waals surface area contributed by atoms with Crippen LogP contribution < -0.4 is 10.6 Å². The lowest BCUT2D eigenvalue weighted by Crippen LogP contribution is -2.31. The minimum Gasteiger partial charge on any atom is -0.466 e. The molecule has 110 valence electrons. The number of carbonyl (C=O) groups excluding carboxylic acids is 2. The molecule has 7 heteroatoms. The third-order valence-corrected chi connectivity index (χ3v) is 3.88. The monoisotopic (exact) mass is 297 g/mol. The number of thiazole rings is 1. The van der Waals surface area contributed by atoms with Crippen LogP contribution in [0.4, 0.5) is 5.13 Å². The molecular formula is C13H19N3O3S. The molecule has 0 aromatic carbocycles. The van der Waals surface area contributed by atoms with Gasteiger partial charge in [-0.1, -0.05) is 0 Å². The maximum absolute atomic E-state index is 11.3. The maximum Gasteiger partial charge on any atom is 0.306 e. The van der Waals surface area contributed by atoms with Gasteiger partial charge in [0.25, 0.3) is 0 Å². The van der Waals surface area contributed by atoms with Crippen molar-refractivity contribution in [3.8, 4) is 0 Å². The van der Waals surface area contributed by atoms with E-state index in [4.69, 9.17) is 4.74 Å². The van der Waals surface area contributed by atoms with Crippen molar-refractivity contribution in [3.63, 3.8) is 0 Å². The van der Waals surface area contributed by atoms with E-state index in [0.717, 1.165) is 17.2 Å². The Labute approximate surface area is 121 Å². The number of aryl methyl sites for hydroxylation is 1. The number of carbonyl (C=O) groups is 2. The highest BCUT2D eigenvalue weighted by Crippen LogP contribution is 2.17. The Hall–Kier alpha value is -1.63. The second kappa shape index (κ2) is 7.23. The van der Waals surface area contributed by atoms with Crippen LogP contribution in [0.25, 0.3) is 0 Å². The van der Waals surface area contributed by atoms with Crippen molar-refractivity contribution in [2.45, 2.75) is 38.6 Å². The standard InChI is InChI=1S/C13H19N3O3S/c1-2-19-12(18)6-4-10-8-20-13(16-10)14-7-9-3-5-11(17)15-9/h8-9H,2-7H2,1H3,(H,14,16)(H,15,17). The lowest BCUT2D eigenvalue weighted by Gasteiger charge is -2.09. The predicted molar refractivity (Wildman–Crippen MR) is 76.7 cm³/mol. The molecule has 1 saturated heterocycles. The summed E-state index contributed by atoms with van der Waals surface area (Å²) in [6, 6.07) is 0.189. The van der Waals surface area contributed by atoms with Crippen molar-refractivity contribution in [2.24, 2.45) is 0 Å². The van der Waals surface area contributed by atoms with Crippen LogP contribution in [0.2, 0.25) is 0 Å². The first-order valence-corrected chi connectivity index (χ1v) is 7.68. The molecule has 1 unspecified atom stereocenters. The van der Waals surface area contributed by atoms with Gasteiger partial charge in [-0.25, -0.2) is 4.98 Å². The van der Waals surface area contributed by atoms with Crippen LogP contribution >= 0.6 is 11.3 Å². The fraction of sp³-hybridized carbons (Fsp3) is 0.615. The van der Waals surface area contributed by atoms with E-state index in [0.29, 0.717) is 32.4 Å². The Morgan fingerprint density at radius 3 is 3.20 bits per heavy atom. The Morgan fingerprint density at radius 2 is 2.50 bits per heavy atom. The number of nitrogens with one attached hydrogen (secondary N) is 2. The van der Waals surface area contributed by atoms with Crippen molar-refractivity contribution >= 4 is 28.3 Å². The predicted octanol–water partition coefficient (Wildman–Crippen LogP) is 1.33. The number of anilines is 1. The molecule has 0 saturated carbocycles. The molecule has 2 rings (SSSR count). The number of aromatic nitrogens is 1. The summed E-state index contributed by atoms with van der Waals surface area (Å²) in [6.07, 6.45) is 2.43. The minimum absolute atomic E-state index is 0.117. The van der Waals surface area contributed by atoms with Gasteiger partial charge in [-0.15, -0.1) is 11.3 Å². The smallest absolute Gasteiger partial charge is 0.306 e. The van der Waals surface area contributed by atoms with Gasteiger partial charge in [0.05, 0.1) is 18.7 Å². The van der Waals surface area contributed by atoms with E-state index < -0.39 is 0 Å². The average Bonchev–Trinajstić information content (AvgIpc) is 3.03. The first kappa shape index (κ1) is 14.8. The molecule has 20 heavy (non-hydrogen) atoms. The van der Waals surface area contributed by atoms with Crippen LogP contribution in [-0.4, -0.2) is 36.1 Å². The Kier molecular flexibility index (Phi) is 5.34. The molecule has 1 aromatic rings. The second-order valence-electron chi connectivity index (χ2n) is 4.63. The number of amides is 1. The van der Waals surface area contributed by atoms with E-state index in [9.17, 15) is 9.59 Å². The Bertz CT molecular complexity index is 475. The molecule has 0 radical (unpaired) electrons. The van der Waals surface area contributed by atoms with Gasteiger partial charge in [-0.05, 0) is 13.3 Å². The van der Waals surface area contributed by atoms with Crippen LogP contribution in [0.3, 0.4) is 0 Å². The van der Waals surface area contributed by atoms with Gasteiger partial charge in [-0.2, -0.15) is 0 Å². The summed E-state index contributed by atoms with van der Waals surface area (Å²) in [5.41, 5.74) is 0.890. The lowest BCUT2D eigenvalue weighted by molar-refractivity contribution is -0.143. The normalized spacial score (nSPS) is 17.9. The minimum atomic E-state index is -0.191. The van der Waals surface area contributed by atoms with E-state index in [2.05, 4.69) is 15.6 Å². The van der Waals surface area contributed by atoms with Crippen LogP contribution in [-0.2, 0) is 20.7 Å². The zero-order valence-electron chi connectivity index (χ0n) is 11.5. The summed E-state index contributed by atoms with van der Waals surface area (Å²) in [7, 11) is 0. The lowest BCUT2D eigenvalue weighted by atomic mass is 10.2. The molecule has 0 spiro atoms. The summed E-state index contributed by atoms with van der Waals surface area (Å²) < 4.78 is 4.88. The number of ether oxygens (including phenoxy) is 1. The van der Waals surface area contributed by atoms with Gasteiger partial charge >= 0.3 is 5.97 Å². The zero-order chi connectivity index (χ0) is 14.4. The van der Waals surface area contributed by atoms with E-state index >= 15 is 0 Å². The third-order valence-electron chi connectivity index (χ3n) is 3.03. The summed E-state index contributed by atoms with van der Waals surface area (Å²) in [5.74, 6) is -0.0743. The first-order valence-electron chi connectivity index (χ1n) is 6.80. The second-order valence-corrected chi connectivity index (χ2v) is 5.49. The summed E-state index contributed by atoms with van der Waals surface area (Å²) in [4.78, 5) is 26.7. The topological polar surface area (TPSA) is 80.3 Å². The summed E-state index contributed by atoms with van der Waals surface area (Å²) in [6.45, 7) is 2.90. The van der Waals surface area contributed by atoms with Crippen molar-refractivity contribution in [1.82, 2.24) is 10.3 Å². The van der Waals surface area contributed by atoms with Crippen LogP contribution in [0.15, 0.2) is 5.38 Å². The zero-order valence-corrected chi connectivity index (χ0v) is 12.3. The van der Waals surface area contributed by atoms with E-state index in [1.54, 1.807) is 6.92 Å². The molecule has 1 amide bonds. The number of hydrogen-bond donors (Lipinski definition) is 2. The number of rotatable bonds is 7. The van der Waals surface area contributed by atoms with Gasteiger partial charge in [0, 0.05) is 30.8 Å². The van der Waals surface area contributed by atoms with Crippen molar-refractivity contribution in [3.05, 3.63) is 11.1 Å². The molecule has 6 nitrogen and oxygen atoms in total. The number of hydrogen-bond acceptors (Lipinski definition) is 6. The molecular weight excluding hydrogens is 278 g/mol. The highest BCUT2D eigenvalue weighted by atomic mass is 32.1. The third kappa shape index (κ3) is 4.48. The van der Waals surface area contributed by atoms with Gasteiger partial charge in [0.15, 0.2) is 5.13 Å². The van der Waals surface area contributed by atoms with Gasteiger partial charge in [0.2, 0.25) is 5.91 Å². The van der Waals surface area contributed by atoms with Crippen LogP contribution in [0, 0.1) is 0 Å². The van der Waals surface area contributed by atoms with E-state index in [-0.39, 0.29) is 17.9 Å². The molecule has 1 aromatic heterocycles. The SMILES string of the molecule is CCOC(=O)CCc1csc(NCC2CCC(=O)N2)n1. The highest BCUT2D eigenvalue weighted by Gasteiger charge is 2.20.